The van der Waals surface area contributed by atoms with Crippen LogP contribution in [-0.4, -0.2) is 26.1 Å². The molecule has 15 heavy (non-hydrogen) atoms. The SMILES string of the molecule is CN1CCOc2ccc(C(=O)NN)cc21. The Morgan fingerprint density at radius 3 is 3.13 bits per heavy atom. The molecule has 80 valence electrons. The lowest BCUT2D eigenvalue weighted by Gasteiger charge is -2.27. The van der Waals surface area contributed by atoms with E-state index in [2.05, 4.69) is 5.43 Å². The van der Waals surface area contributed by atoms with Crippen LogP contribution in [0.3, 0.4) is 0 Å². The summed E-state index contributed by atoms with van der Waals surface area (Å²) in [7, 11) is 1.96. The van der Waals surface area contributed by atoms with Crippen molar-refractivity contribution in [3.8, 4) is 5.75 Å². The van der Waals surface area contributed by atoms with Crippen LogP contribution in [0.4, 0.5) is 5.69 Å². The van der Waals surface area contributed by atoms with Crippen molar-refractivity contribution >= 4 is 11.6 Å². The number of benzene rings is 1. The van der Waals surface area contributed by atoms with Gasteiger partial charge in [-0.15, -0.1) is 0 Å². The lowest BCUT2D eigenvalue weighted by Crippen LogP contribution is -2.31. The number of nitrogens with one attached hydrogen (secondary N) is 1. The Morgan fingerprint density at radius 1 is 1.60 bits per heavy atom. The predicted octanol–water partition coefficient (Wildman–Crippen LogP) is 0.119. The fourth-order valence-electron chi connectivity index (χ4n) is 1.58. The minimum absolute atomic E-state index is 0.295. The summed E-state index contributed by atoms with van der Waals surface area (Å²) >= 11 is 0. The van der Waals surface area contributed by atoms with Gasteiger partial charge in [0.15, 0.2) is 0 Å². The van der Waals surface area contributed by atoms with Crippen LogP contribution in [0.1, 0.15) is 10.4 Å². The Balaban J connectivity index is 2.39. The van der Waals surface area contributed by atoms with Gasteiger partial charge in [-0.3, -0.25) is 10.2 Å². The number of fused-ring (bicyclic) bond motifs is 1. The monoisotopic (exact) mass is 207 g/mol. The summed E-state index contributed by atoms with van der Waals surface area (Å²) in [5.74, 6) is 5.58. The van der Waals surface area contributed by atoms with E-state index < -0.39 is 0 Å². The Kier molecular flexibility index (Phi) is 2.47. The topological polar surface area (TPSA) is 67.6 Å². The number of ether oxygens (including phenoxy) is 1. The molecule has 1 aromatic rings. The van der Waals surface area contributed by atoms with Crippen molar-refractivity contribution in [1.29, 1.82) is 0 Å². The molecule has 0 fully saturated rings. The maximum Gasteiger partial charge on any atom is 0.265 e. The maximum absolute atomic E-state index is 11.3. The second kappa shape index (κ2) is 3.78. The number of hydrogen-bond donors (Lipinski definition) is 2. The highest BCUT2D eigenvalue weighted by Gasteiger charge is 2.16. The molecule has 0 atom stereocenters. The fourth-order valence-corrected chi connectivity index (χ4v) is 1.58. The van der Waals surface area contributed by atoms with Crippen LogP contribution in [0.15, 0.2) is 18.2 Å². The molecule has 0 spiro atoms. The van der Waals surface area contributed by atoms with Crippen LogP contribution in [0.25, 0.3) is 0 Å². The molecule has 5 nitrogen and oxygen atoms in total. The first-order valence-electron chi connectivity index (χ1n) is 4.71. The van der Waals surface area contributed by atoms with Crippen LogP contribution in [0.5, 0.6) is 5.75 Å². The van der Waals surface area contributed by atoms with Crippen molar-refractivity contribution in [1.82, 2.24) is 5.43 Å². The molecule has 1 amide bonds. The summed E-state index contributed by atoms with van der Waals surface area (Å²) in [4.78, 5) is 13.4. The Labute approximate surface area is 87.8 Å². The molecule has 1 heterocycles. The molecule has 3 N–H and O–H groups in total. The number of hydrazine groups is 1. The van der Waals surface area contributed by atoms with E-state index in [1.54, 1.807) is 18.2 Å². The summed E-state index contributed by atoms with van der Waals surface area (Å²) in [6.07, 6.45) is 0. The van der Waals surface area contributed by atoms with Crippen molar-refractivity contribution in [3.63, 3.8) is 0 Å². The van der Waals surface area contributed by atoms with E-state index in [9.17, 15) is 4.79 Å². The van der Waals surface area contributed by atoms with Crippen molar-refractivity contribution in [2.24, 2.45) is 5.84 Å². The van der Waals surface area contributed by atoms with Gasteiger partial charge >= 0.3 is 0 Å². The first-order valence-corrected chi connectivity index (χ1v) is 4.71. The summed E-state index contributed by atoms with van der Waals surface area (Å²) < 4.78 is 5.46. The minimum Gasteiger partial charge on any atom is -0.490 e. The third-order valence-corrected chi connectivity index (χ3v) is 2.45. The fraction of sp³-hybridized carbons (Fsp3) is 0.300. The van der Waals surface area contributed by atoms with Gasteiger partial charge in [0.25, 0.3) is 5.91 Å². The summed E-state index contributed by atoms with van der Waals surface area (Å²) in [5, 5.41) is 0. The molecule has 0 saturated heterocycles. The normalized spacial score (nSPS) is 14.1. The van der Waals surface area contributed by atoms with Gasteiger partial charge in [-0.05, 0) is 18.2 Å². The molecule has 0 aliphatic carbocycles. The average molecular weight is 207 g/mol. The van der Waals surface area contributed by atoms with Crippen molar-refractivity contribution in [2.45, 2.75) is 0 Å². The minimum atomic E-state index is -0.295. The second-order valence-corrected chi connectivity index (χ2v) is 3.43. The lowest BCUT2D eigenvalue weighted by atomic mass is 10.1. The molecule has 1 aromatic carbocycles. The van der Waals surface area contributed by atoms with Crippen LogP contribution < -0.4 is 20.9 Å². The molecule has 5 heteroatoms. The third kappa shape index (κ3) is 1.73. The number of rotatable bonds is 1. The number of amides is 1. The number of carbonyl (C=O) groups is 1. The number of carbonyl (C=O) groups excluding carboxylic acids is 1. The molecule has 0 unspecified atom stereocenters. The van der Waals surface area contributed by atoms with Crippen LogP contribution in [0.2, 0.25) is 0 Å². The molecule has 1 aliphatic rings. The van der Waals surface area contributed by atoms with Gasteiger partial charge in [0, 0.05) is 12.6 Å². The maximum atomic E-state index is 11.3. The Morgan fingerprint density at radius 2 is 2.40 bits per heavy atom. The van der Waals surface area contributed by atoms with E-state index in [1.807, 2.05) is 11.9 Å². The molecule has 1 aliphatic heterocycles. The summed E-state index contributed by atoms with van der Waals surface area (Å²) in [6.45, 7) is 1.49. The smallest absolute Gasteiger partial charge is 0.265 e. The van der Waals surface area contributed by atoms with Gasteiger partial charge in [-0.25, -0.2) is 5.84 Å². The molecular formula is C10H13N3O2. The Bertz CT molecular complexity index is 392. The standard InChI is InChI=1S/C10H13N3O2/c1-13-4-5-15-9-3-2-7(6-8(9)13)10(14)12-11/h2-3,6H,4-5,11H2,1H3,(H,12,14). The van der Waals surface area contributed by atoms with Gasteiger partial charge in [0.2, 0.25) is 0 Å². The van der Waals surface area contributed by atoms with Gasteiger partial charge in [0.05, 0.1) is 12.2 Å². The first-order chi connectivity index (χ1) is 7.22. The molecule has 0 saturated carbocycles. The lowest BCUT2D eigenvalue weighted by molar-refractivity contribution is 0.0953. The number of likely N-dealkylation sites (N-methyl/N-ethyl adjacent to an activating group) is 1. The quantitative estimate of drug-likeness (QED) is 0.390. The van der Waals surface area contributed by atoms with E-state index in [-0.39, 0.29) is 5.91 Å². The molecule has 0 bridgehead atoms. The first kappa shape index (κ1) is 9.79. The van der Waals surface area contributed by atoms with Crippen LogP contribution >= 0.6 is 0 Å². The highest BCUT2D eigenvalue weighted by atomic mass is 16.5. The number of anilines is 1. The second-order valence-electron chi connectivity index (χ2n) is 3.43. The van der Waals surface area contributed by atoms with Gasteiger partial charge in [-0.2, -0.15) is 0 Å². The molecule has 0 aromatic heterocycles. The van der Waals surface area contributed by atoms with E-state index in [0.29, 0.717) is 12.2 Å². The predicted molar refractivity (Wildman–Crippen MR) is 56.9 cm³/mol. The van der Waals surface area contributed by atoms with E-state index in [0.717, 1.165) is 18.0 Å². The van der Waals surface area contributed by atoms with Crippen LogP contribution in [0, 0.1) is 0 Å². The van der Waals surface area contributed by atoms with E-state index in [4.69, 9.17) is 10.6 Å². The van der Waals surface area contributed by atoms with E-state index in [1.165, 1.54) is 0 Å². The number of hydrogen-bond acceptors (Lipinski definition) is 4. The van der Waals surface area contributed by atoms with Gasteiger partial charge < -0.3 is 9.64 Å². The zero-order valence-electron chi connectivity index (χ0n) is 8.49. The van der Waals surface area contributed by atoms with Crippen LogP contribution in [-0.2, 0) is 0 Å². The summed E-state index contributed by atoms with van der Waals surface area (Å²) in [6, 6.07) is 5.26. The van der Waals surface area contributed by atoms with Crippen molar-refractivity contribution < 1.29 is 9.53 Å². The van der Waals surface area contributed by atoms with E-state index >= 15 is 0 Å². The highest BCUT2D eigenvalue weighted by molar-refractivity contribution is 5.95. The van der Waals surface area contributed by atoms with Gasteiger partial charge in [-0.1, -0.05) is 0 Å². The summed E-state index contributed by atoms with van der Waals surface area (Å²) in [5.41, 5.74) is 3.56. The largest absolute Gasteiger partial charge is 0.490 e. The average Bonchev–Trinajstić information content (AvgIpc) is 2.28. The number of nitrogens with two attached hydrogens (primary N) is 1. The number of nitrogens with zero attached hydrogens (tertiary/aromatic N) is 1. The highest BCUT2D eigenvalue weighted by Crippen LogP contribution is 2.31. The van der Waals surface area contributed by atoms with Crippen molar-refractivity contribution in [3.05, 3.63) is 23.8 Å². The molecule has 0 radical (unpaired) electrons. The van der Waals surface area contributed by atoms with Gasteiger partial charge in [0.1, 0.15) is 12.4 Å². The Hall–Kier alpha value is -1.75. The molecule has 2 rings (SSSR count). The third-order valence-electron chi connectivity index (χ3n) is 2.45. The molecular weight excluding hydrogens is 194 g/mol. The zero-order chi connectivity index (χ0) is 10.8. The zero-order valence-corrected chi connectivity index (χ0v) is 8.49. The van der Waals surface area contributed by atoms with Crippen molar-refractivity contribution in [2.75, 3.05) is 25.1 Å². The number of nitrogen functional groups attached to an aromatic ring is 1.